The summed E-state index contributed by atoms with van der Waals surface area (Å²) in [4.78, 5) is 2.36. The molecule has 0 aromatic heterocycles. The summed E-state index contributed by atoms with van der Waals surface area (Å²) < 4.78 is 34.1. The third-order valence-corrected chi connectivity index (χ3v) is 5.07. The number of nitriles is 1. The smallest absolute Gasteiger partial charge is 0.141 e. The summed E-state index contributed by atoms with van der Waals surface area (Å²) >= 11 is 0. The van der Waals surface area contributed by atoms with Crippen LogP contribution < -0.4 is 0 Å². The highest BCUT2D eigenvalue weighted by atomic mass is 19.1. The number of morpholine rings is 1. The minimum atomic E-state index is -0.682. The third-order valence-electron chi connectivity index (χ3n) is 5.07. The molecule has 0 N–H and O–H groups in total. The second-order valence-corrected chi connectivity index (χ2v) is 6.74. The zero-order valence-electron chi connectivity index (χ0n) is 14.2. The molecule has 4 rings (SSSR count). The summed E-state index contributed by atoms with van der Waals surface area (Å²) in [5.74, 6) is -1.23. The van der Waals surface area contributed by atoms with Gasteiger partial charge in [-0.1, -0.05) is 36.4 Å². The Morgan fingerprint density at radius 2 is 1.92 bits per heavy atom. The summed E-state index contributed by atoms with van der Waals surface area (Å²) in [7, 11) is 0. The summed E-state index contributed by atoms with van der Waals surface area (Å²) in [5.41, 5.74) is 1.99. The van der Waals surface area contributed by atoms with Crippen LogP contribution >= 0.6 is 0 Å². The number of halogens is 2. The van der Waals surface area contributed by atoms with Gasteiger partial charge < -0.3 is 4.74 Å². The molecule has 0 spiro atoms. The SMILES string of the molecule is N#Cc1cc(F)c(C2=CC3COCC(C2)N3Cc2ccccc2)cc1F. The van der Waals surface area contributed by atoms with Gasteiger partial charge in [0.2, 0.25) is 0 Å². The number of benzene rings is 2. The highest BCUT2D eigenvalue weighted by Gasteiger charge is 2.35. The molecule has 3 nitrogen and oxygen atoms in total. The maximum Gasteiger partial charge on any atom is 0.141 e. The second kappa shape index (κ2) is 6.99. The summed E-state index contributed by atoms with van der Waals surface area (Å²) in [6.07, 6.45) is 2.56. The lowest BCUT2D eigenvalue weighted by molar-refractivity contribution is -0.0403. The topological polar surface area (TPSA) is 36.3 Å². The lowest BCUT2D eigenvalue weighted by Gasteiger charge is -2.44. The molecule has 0 amide bonds. The summed E-state index contributed by atoms with van der Waals surface area (Å²) in [6, 6.07) is 14.1. The summed E-state index contributed by atoms with van der Waals surface area (Å²) in [6.45, 7) is 1.90. The van der Waals surface area contributed by atoms with Gasteiger partial charge in [0.15, 0.2) is 0 Å². The van der Waals surface area contributed by atoms with Gasteiger partial charge in [-0.05, 0) is 29.7 Å². The maximum atomic E-state index is 14.4. The van der Waals surface area contributed by atoms with Crippen LogP contribution in [0.15, 0.2) is 48.5 Å². The van der Waals surface area contributed by atoms with Gasteiger partial charge in [0.1, 0.15) is 17.7 Å². The van der Waals surface area contributed by atoms with Gasteiger partial charge in [-0.25, -0.2) is 8.78 Å². The molecule has 2 unspecified atom stereocenters. The van der Waals surface area contributed by atoms with E-state index in [-0.39, 0.29) is 23.2 Å². The minimum Gasteiger partial charge on any atom is -0.378 e. The van der Waals surface area contributed by atoms with Gasteiger partial charge in [0, 0.05) is 18.2 Å². The molecule has 2 heterocycles. The number of rotatable bonds is 3. The molecule has 2 atom stereocenters. The molecule has 2 bridgehead atoms. The van der Waals surface area contributed by atoms with E-state index in [1.807, 2.05) is 24.3 Å². The van der Waals surface area contributed by atoms with E-state index in [2.05, 4.69) is 17.0 Å². The van der Waals surface area contributed by atoms with Gasteiger partial charge in [0.25, 0.3) is 0 Å². The van der Waals surface area contributed by atoms with Crippen molar-refractivity contribution in [2.75, 3.05) is 13.2 Å². The van der Waals surface area contributed by atoms with Gasteiger partial charge in [-0.3, -0.25) is 4.90 Å². The van der Waals surface area contributed by atoms with Crippen LogP contribution in [0.2, 0.25) is 0 Å². The van der Waals surface area contributed by atoms with Crippen LogP contribution in [0.4, 0.5) is 8.78 Å². The van der Waals surface area contributed by atoms with E-state index in [0.29, 0.717) is 19.6 Å². The van der Waals surface area contributed by atoms with Crippen LogP contribution in [-0.4, -0.2) is 30.2 Å². The fourth-order valence-electron chi connectivity index (χ4n) is 3.78. The molecule has 0 radical (unpaired) electrons. The van der Waals surface area contributed by atoms with E-state index in [1.165, 1.54) is 5.56 Å². The predicted molar refractivity (Wildman–Crippen MR) is 94.0 cm³/mol. The first-order valence-corrected chi connectivity index (χ1v) is 8.63. The average Bonchev–Trinajstić information content (AvgIpc) is 2.64. The van der Waals surface area contributed by atoms with Crippen LogP contribution in [0.1, 0.15) is 23.1 Å². The first kappa shape index (κ1) is 16.9. The molecule has 1 saturated heterocycles. The van der Waals surface area contributed by atoms with Crippen molar-refractivity contribution in [1.82, 2.24) is 4.90 Å². The molecule has 0 saturated carbocycles. The monoisotopic (exact) mass is 352 g/mol. The van der Waals surface area contributed by atoms with E-state index in [4.69, 9.17) is 10.00 Å². The Kier molecular flexibility index (Phi) is 4.54. The van der Waals surface area contributed by atoms with Crippen molar-refractivity contribution in [3.05, 3.63) is 76.9 Å². The van der Waals surface area contributed by atoms with E-state index < -0.39 is 11.6 Å². The van der Waals surface area contributed by atoms with E-state index >= 15 is 0 Å². The first-order chi connectivity index (χ1) is 12.7. The number of ether oxygens (including phenoxy) is 1. The quantitative estimate of drug-likeness (QED) is 0.841. The normalized spacial score (nSPS) is 22.6. The Morgan fingerprint density at radius 3 is 2.65 bits per heavy atom. The Hall–Kier alpha value is -2.55. The second-order valence-electron chi connectivity index (χ2n) is 6.74. The van der Waals surface area contributed by atoms with Crippen molar-refractivity contribution in [2.24, 2.45) is 0 Å². The van der Waals surface area contributed by atoms with Crippen molar-refractivity contribution >= 4 is 5.57 Å². The van der Waals surface area contributed by atoms with Crippen molar-refractivity contribution in [3.63, 3.8) is 0 Å². The van der Waals surface area contributed by atoms with E-state index in [1.54, 1.807) is 6.07 Å². The standard InChI is InChI=1S/C21H18F2N2O/c22-20-9-19(21(23)8-16(20)10-24)15-6-17-12-26-13-18(7-15)25(17)11-14-4-2-1-3-5-14/h1-6,8-9,17-18H,7,11-13H2. The van der Waals surface area contributed by atoms with Crippen LogP contribution in [0.25, 0.3) is 5.57 Å². The molecule has 0 aliphatic carbocycles. The highest BCUT2D eigenvalue weighted by molar-refractivity contribution is 5.69. The Morgan fingerprint density at radius 1 is 1.12 bits per heavy atom. The molecule has 2 aliphatic rings. The third kappa shape index (κ3) is 3.14. The van der Waals surface area contributed by atoms with Crippen LogP contribution in [0.5, 0.6) is 0 Å². The molecule has 2 aromatic rings. The van der Waals surface area contributed by atoms with Crippen molar-refractivity contribution in [1.29, 1.82) is 5.26 Å². The Bertz CT molecular complexity index is 889. The fraction of sp³-hybridized carbons (Fsp3) is 0.286. The van der Waals surface area contributed by atoms with Crippen LogP contribution in [0, 0.1) is 23.0 Å². The van der Waals surface area contributed by atoms with Crippen molar-refractivity contribution < 1.29 is 13.5 Å². The van der Waals surface area contributed by atoms with Gasteiger partial charge in [-0.2, -0.15) is 5.26 Å². The van der Waals surface area contributed by atoms with E-state index in [9.17, 15) is 8.78 Å². The molecule has 26 heavy (non-hydrogen) atoms. The number of fused-ring (bicyclic) bond motifs is 2. The molecule has 1 fully saturated rings. The zero-order chi connectivity index (χ0) is 18.1. The average molecular weight is 352 g/mol. The molecular weight excluding hydrogens is 334 g/mol. The molecule has 2 aromatic carbocycles. The molecule has 5 heteroatoms. The molecule has 132 valence electrons. The number of nitrogens with zero attached hydrogens (tertiary/aromatic N) is 2. The van der Waals surface area contributed by atoms with Crippen molar-refractivity contribution in [2.45, 2.75) is 25.0 Å². The van der Waals surface area contributed by atoms with Crippen molar-refractivity contribution in [3.8, 4) is 6.07 Å². The van der Waals surface area contributed by atoms with E-state index in [0.717, 1.165) is 24.3 Å². The Labute approximate surface area is 151 Å². The van der Waals surface area contributed by atoms with Crippen LogP contribution in [-0.2, 0) is 11.3 Å². The fourth-order valence-corrected chi connectivity index (χ4v) is 3.78. The van der Waals surface area contributed by atoms with Crippen LogP contribution in [0.3, 0.4) is 0 Å². The lowest BCUT2D eigenvalue weighted by Crippen LogP contribution is -2.53. The number of hydrogen-bond acceptors (Lipinski definition) is 3. The summed E-state index contributed by atoms with van der Waals surface area (Å²) in [5, 5.41) is 8.86. The molecular formula is C21H18F2N2O. The lowest BCUT2D eigenvalue weighted by atomic mass is 9.88. The zero-order valence-corrected chi connectivity index (χ0v) is 14.2. The largest absolute Gasteiger partial charge is 0.378 e. The van der Waals surface area contributed by atoms with Gasteiger partial charge in [0.05, 0.1) is 24.8 Å². The molecule has 2 aliphatic heterocycles. The number of hydrogen-bond donors (Lipinski definition) is 0. The Balaban J connectivity index is 1.65. The predicted octanol–water partition coefficient (Wildman–Crippen LogP) is 3.89. The minimum absolute atomic E-state index is 0.0239. The van der Waals surface area contributed by atoms with Gasteiger partial charge in [-0.15, -0.1) is 0 Å². The van der Waals surface area contributed by atoms with Gasteiger partial charge >= 0.3 is 0 Å². The first-order valence-electron chi connectivity index (χ1n) is 8.63. The highest BCUT2D eigenvalue weighted by Crippen LogP contribution is 2.35. The maximum absolute atomic E-state index is 14.4.